The van der Waals surface area contributed by atoms with E-state index in [-0.39, 0.29) is 18.1 Å². The Morgan fingerprint density at radius 2 is 2.00 bits per heavy atom. The van der Waals surface area contributed by atoms with Crippen molar-refractivity contribution in [2.45, 2.75) is 38.8 Å². The van der Waals surface area contributed by atoms with Crippen LogP contribution in [0.25, 0.3) is 0 Å². The van der Waals surface area contributed by atoms with Gasteiger partial charge in [-0.05, 0) is 26.0 Å². The minimum atomic E-state index is -0.918. The smallest absolute Gasteiger partial charge is 0.246 e. The fourth-order valence-corrected chi connectivity index (χ4v) is 3.63. The SMILES string of the molecule is CCN1CC(=O)N(CC)c2cnc(NC3CC(Oc4ccc(F)c(F)c4)C3)nc21. The van der Waals surface area contributed by atoms with Gasteiger partial charge in [0.05, 0.1) is 12.7 Å². The summed E-state index contributed by atoms with van der Waals surface area (Å²) in [6, 6.07) is 3.67. The fraction of sp³-hybridized carbons (Fsp3) is 0.450. The van der Waals surface area contributed by atoms with Crippen LogP contribution in [-0.2, 0) is 4.79 Å². The van der Waals surface area contributed by atoms with Gasteiger partial charge in [0.1, 0.15) is 17.5 Å². The molecule has 1 aromatic carbocycles. The van der Waals surface area contributed by atoms with E-state index in [2.05, 4.69) is 15.3 Å². The van der Waals surface area contributed by atoms with Crippen molar-refractivity contribution in [3.05, 3.63) is 36.0 Å². The number of rotatable bonds is 6. The lowest BCUT2D eigenvalue weighted by molar-refractivity contribution is -0.117. The number of likely N-dealkylation sites (N-methyl/N-ethyl adjacent to an activating group) is 2. The zero-order valence-electron chi connectivity index (χ0n) is 16.4. The van der Waals surface area contributed by atoms with Crippen LogP contribution in [0.1, 0.15) is 26.7 Å². The zero-order valence-corrected chi connectivity index (χ0v) is 16.4. The molecule has 154 valence electrons. The van der Waals surface area contributed by atoms with Gasteiger partial charge in [-0.3, -0.25) is 4.79 Å². The van der Waals surface area contributed by atoms with E-state index in [1.807, 2.05) is 18.7 Å². The van der Waals surface area contributed by atoms with E-state index in [0.717, 1.165) is 23.6 Å². The molecular weight excluding hydrogens is 380 g/mol. The van der Waals surface area contributed by atoms with Crippen molar-refractivity contribution in [3.63, 3.8) is 0 Å². The van der Waals surface area contributed by atoms with Gasteiger partial charge in [0.25, 0.3) is 0 Å². The molecule has 9 heteroatoms. The Morgan fingerprint density at radius 1 is 1.21 bits per heavy atom. The highest BCUT2D eigenvalue weighted by Gasteiger charge is 2.33. The van der Waals surface area contributed by atoms with E-state index in [9.17, 15) is 13.6 Å². The topological polar surface area (TPSA) is 70.6 Å². The van der Waals surface area contributed by atoms with Gasteiger partial charge < -0.3 is 19.9 Å². The Kier molecular flexibility index (Phi) is 5.21. The number of amides is 1. The number of aromatic nitrogens is 2. The highest BCUT2D eigenvalue weighted by Crippen LogP contribution is 2.33. The second-order valence-electron chi connectivity index (χ2n) is 7.18. The lowest BCUT2D eigenvalue weighted by Gasteiger charge is -2.37. The third kappa shape index (κ3) is 3.81. The number of hydrogen-bond acceptors (Lipinski definition) is 6. The molecule has 4 rings (SSSR count). The molecule has 7 nitrogen and oxygen atoms in total. The Labute approximate surface area is 167 Å². The van der Waals surface area contributed by atoms with Crippen LogP contribution in [0.4, 0.5) is 26.2 Å². The molecule has 0 bridgehead atoms. The van der Waals surface area contributed by atoms with Crippen LogP contribution in [0.15, 0.2) is 24.4 Å². The number of carbonyl (C=O) groups is 1. The predicted octanol–water partition coefficient (Wildman–Crippen LogP) is 2.97. The van der Waals surface area contributed by atoms with E-state index >= 15 is 0 Å². The van der Waals surface area contributed by atoms with Gasteiger partial charge in [-0.15, -0.1) is 0 Å². The molecule has 0 radical (unpaired) electrons. The van der Waals surface area contributed by atoms with Crippen LogP contribution >= 0.6 is 0 Å². The average Bonchev–Trinajstić information content (AvgIpc) is 2.68. The maximum absolute atomic E-state index is 13.3. The third-order valence-electron chi connectivity index (χ3n) is 5.29. The Hall–Kier alpha value is -2.97. The lowest BCUT2D eigenvalue weighted by Crippen LogP contribution is -2.46. The number of benzene rings is 1. The number of halogens is 2. The summed E-state index contributed by atoms with van der Waals surface area (Å²) >= 11 is 0. The molecular formula is C20H23F2N5O2. The molecule has 29 heavy (non-hydrogen) atoms. The highest BCUT2D eigenvalue weighted by molar-refractivity contribution is 6.02. The van der Waals surface area contributed by atoms with Crippen molar-refractivity contribution in [2.75, 3.05) is 34.8 Å². The number of carbonyl (C=O) groups excluding carboxylic acids is 1. The molecule has 1 aromatic heterocycles. The predicted molar refractivity (Wildman–Crippen MR) is 105 cm³/mol. The van der Waals surface area contributed by atoms with Crippen LogP contribution in [0, 0.1) is 11.6 Å². The quantitative estimate of drug-likeness (QED) is 0.800. The van der Waals surface area contributed by atoms with Gasteiger partial charge in [0.2, 0.25) is 11.9 Å². The molecule has 2 heterocycles. The second-order valence-corrected chi connectivity index (χ2v) is 7.18. The third-order valence-corrected chi connectivity index (χ3v) is 5.29. The molecule has 1 aliphatic carbocycles. The van der Waals surface area contributed by atoms with Gasteiger partial charge in [0, 0.05) is 38.0 Å². The molecule has 1 fully saturated rings. The Morgan fingerprint density at radius 3 is 2.69 bits per heavy atom. The lowest BCUT2D eigenvalue weighted by atomic mass is 9.89. The number of hydrogen-bond donors (Lipinski definition) is 1. The minimum Gasteiger partial charge on any atom is -0.490 e. The van der Waals surface area contributed by atoms with Gasteiger partial charge in [-0.1, -0.05) is 0 Å². The average molecular weight is 403 g/mol. The van der Waals surface area contributed by atoms with E-state index in [1.54, 1.807) is 11.1 Å². The zero-order chi connectivity index (χ0) is 20.5. The summed E-state index contributed by atoms with van der Waals surface area (Å²) in [5.74, 6) is -0.189. The molecule has 1 amide bonds. The fourth-order valence-electron chi connectivity index (χ4n) is 3.63. The molecule has 0 spiro atoms. The molecule has 1 saturated carbocycles. The summed E-state index contributed by atoms with van der Waals surface area (Å²) in [5.41, 5.74) is 0.726. The Balaban J connectivity index is 1.39. The molecule has 2 aliphatic rings. The summed E-state index contributed by atoms with van der Waals surface area (Å²) in [4.78, 5) is 24.9. The molecule has 0 unspecified atom stereocenters. The number of anilines is 3. The van der Waals surface area contributed by atoms with E-state index in [0.29, 0.717) is 44.2 Å². The second kappa shape index (κ2) is 7.81. The molecule has 2 aromatic rings. The molecule has 0 saturated heterocycles. The standard InChI is InChI=1S/C20H23F2N5O2/c1-3-26-11-18(28)27(4-2)17-10-23-20(25-19(17)26)24-12-7-14(8-12)29-13-5-6-15(21)16(22)9-13/h5-6,9-10,12,14H,3-4,7-8,11H2,1-2H3,(H,23,24,25). The van der Waals surface area contributed by atoms with Gasteiger partial charge in [-0.25, -0.2) is 13.8 Å². The van der Waals surface area contributed by atoms with E-state index in [4.69, 9.17) is 4.74 Å². The van der Waals surface area contributed by atoms with Gasteiger partial charge >= 0.3 is 0 Å². The first-order valence-electron chi connectivity index (χ1n) is 9.79. The summed E-state index contributed by atoms with van der Waals surface area (Å²) < 4.78 is 32.0. The van der Waals surface area contributed by atoms with Crippen molar-refractivity contribution in [2.24, 2.45) is 0 Å². The molecule has 1 aliphatic heterocycles. The van der Waals surface area contributed by atoms with Crippen molar-refractivity contribution < 1.29 is 18.3 Å². The van der Waals surface area contributed by atoms with E-state index in [1.165, 1.54) is 6.07 Å². The minimum absolute atomic E-state index is 0.0439. The van der Waals surface area contributed by atoms with Crippen LogP contribution in [-0.4, -0.2) is 47.7 Å². The summed E-state index contributed by atoms with van der Waals surface area (Å²) in [5, 5.41) is 3.29. The van der Waals surface area contributed by atoms with Gasteiger partial charge in [-0.2, -0.15) is 4.98 Å². The summed E-state index contributed by atoms with van der Waals surface area (Å²) in [7, 11) is 0. The van der Waals surface area contributed by atoms with Crippen LogP contribution in [0.5, 0.6) is 5.75 Å². The van der Waals surface area contributed by atoms with Crippen LogP contribution in [0.3, 0.4) is 0 Å². The number of nitrogens with zero attached hydrogens (tertiary/aromatic N) is 4. The summed E-state index contributed by atoms with van der Waals surface area (Å²) in [6.45, 7) is 5.48. The number of fused-ring (bicyclic) bond motifs is 1. The largest absolute Gasteiger partial charge is 0.490 e. The van der Waals surface area contributed by atoms with Gasteiger partial charge in [0.15, 0.2) is 17.5 Å². The first kappa shape index (κ1) is 19.4. The first-order chi connectivity index (χ1) is 14.0. The van der Waals surface area contributed by atoms with Crippen molar-refractivity contribution in [1.29, 1.82) is 0 Å². The van der Waals surface area contributed by atoms with Crippen LogP contribution < -0.4 is 19.9 Å². The Bertz CT molecular complexity index is 920. The van der Waals surface area contributed by atoms with Crippen molar-refractivity contribution in [3.8, 4) is 5.75 Å². The summed E-state index contributed by atoms with van der Waals surface area (Å²) in [6.07, 6.45) is 3.02. The van der Waals surface area contributed by atoms with E-state index < -0.39 is 11.6 Å². The van der Waals surface area contributed by atoms with Crippen molar-refractivity contribution >= 4 is 23.4 Å². The molecule has 1 N–H and O–H groups in total. The maximum Gasteiger partial charge on any atom is 0.246 e. The normalized spacial score (nSPS) is 20.9. The number of ether oxygens (including phenoxy) is 1. The maximum atomic E-state index is 13.3. The monoisotopic (exact) mass is 403 g/mol. The first-order valence-corrected chi connectivity index (χ1v) is 9.79. The van der Waals surface area contributed by atoms with Crippen LogP contribution in [0.2, 0.25) is 0 Å². The highest BCUT2D eigenvalue weighted by atomic mass is 19.2. The van der Waals surface area contributed by atoms with Crippen molar-refractivity contribution in [1.82, 2.24) is 9.97 Å². The number of nitrogens with one attached hydrogen (secondary N) is 1. The molecule has 0 atom stereocenters.